The molecule has 0 saturated carbocycles. The van der Waals surface area contributed by atoms with Gasteiger partial charge < -0.3 is 5.32 Å². The minimum absolute atomic E-state index is 0.0531. The van der Waals surface area contributed by atoms with Crippen LogP contribution in [0.1, 0.15) is 47.3 Å². The van der Waals surface area contributed by atoms with Gasteiger partial charge >= 0.3 is 0 Å². The first-order valence-electron chi connectivity index (χ1n) is 7.92. The Kier molecular flexibility index (Phi) is 4.57. The second kappa shape index (κ2) is 6.61. The van der Waals surface area contributed by atoms with Gasteiger partial charge in [0, 0.05) is 17.3 Å². The number of thiazole rings is 1. The minimum atomic E-state index is 0.0531. The van der Waals surface area contributed by atoms with Crippen LogP contribution in [-0.4, -0.2) is 10.9 Å². The highest BCUT2D eigenvalue weighted by molar-refractivity contribution is 7.11. The Bertz CT molecular complexity index is 648. The zero-order chi connectivity index (χ0) is 15.5. The van der Waals surface area contributed by atoms with Crippen LogP contribution in [0.15, 0.2) is 30.3 Å². The number of hydrogen-bond donors (Lipinski definition) is 1. The third kappa shape index (κ3) is 3.38. The summed E-state index contributed by atoms with van der Waals surface area (Å²) in [5, 5.41) is 3.93. The SMILES string of the molecule is CC(C)C1CCc2sc(CC(=O)NCc3ccccc3)nc21. The molecular formula is C18H22N2OS. The van der Waals surface area contributed by atoms with Gasteiger partial charge in [0.15, 0.2) is 0 Å². The first kappa shape index (κ1) is 15.2. The van der Waals surface area contributed by atoms with Crippen LogP contribution in [-0.2, 0) is 24.2 Å². The normalized spacial score (nSPS) is 16.8. The number of aromatic nitrogens is 1. The van der Waals surface area contributed by atoms with Crippen molar-refractivity contribution < 1.29 is 4.79 Å². The maximum Gasteiger partial charge on any atom is 0.227 e. The van der Waals surface area contributed by atoms with Crippen LogP contribution in [0.4, 0.5) is 0 Å². The largest absolute Gasteiger partial charge is 0.352 e. The molecule has 3 rings (SSSR count). The fourth-order valence-electron chi connectivity index (χ4n) is 3.03. The molecule has 0 bridgehead atoms. The molecule has 116 valence electrons. The van der Waals surface area contributed by atoms with Crippen molar-refractivity contribution in [2.45, 2.75) is 45.6 Å². The third-order valence-corrected chi connectivity index (χ3v) is 5.39. The molecule has 1 aromatic carbocycles. The summed E-state index contributed by atoms with van der Waals surface area (Å²) in [7, 11) is 0. The quantitative estimate of drug-likeness (QED) is 0.914. The molecular weight excluding hydrogens is 292 g/mol. The highest BCUT2D eigenvalue weighted by atomic mass is 32.1. The van der Waals surface area contributed by atoms with E-state index in [1.54, 1.807) is 11.3 Å². The second-order valence-corrected chi connectivity index (χ2v) is 7.41. The van der Waals surface area contributed by atoms with Crippen LogP contribution in [0.5, 0.6) is 0 Å². The van der Waals surface area contributed by atoms with Crippen molar-refractivity contribution in [3.63, 3.8) is 0 Å². The number of aryl methyl sites for hydroxylation is 1. The lowest BCUT2D eigenvalue weighted by atomic mass is 9.94. The van der Waals surface area contributed by atoms with E-state index in [1.165, 1.54) is 17.0 Å². The van der Waals surface area contributed by atoms with E-state index in [0.29, 0.717) is 24.8 Å². The van der Waals surface area contributed by atoms with Gasteiger partial charge in [0.25, 0.3) is 0 Å². The lowest BCUT2D eigenvalue weighted by Gasteiger charge is -2.12. The highest BCUT2D eigenvalue weighted by Gasteiger charge is 2.29. The molecule has 1 heterocycles. The van der Waals surface area contributed by atoms with Crippen LogP contribution >= 0.6 is 11.3 Å². The van der Waals surface area contributed by atoms with Gasteiger partial charge in [0.05, 0.1) is 12.1 Å². The summed E-state index contributed by atoms with van der Waals surface area (Å²) in [6, 6.07) is 9.99. The van der Waals surface area contributed by atoms with Crippen molar-refractivity contribution in [2.24, 2.45) is 5.92 Å². The van der Waals surface area contributed by atoms with Crippen molar-refractivity contribution in [1.29, 1.82) is 0 Å². The predicted molar refractivity (Wildman–Crippen MR) is 90.0 cm³/mol. The van der Waals surface area contributed by atoms with E-state index in [4.69, 9.17) is 4.98 Å². The molecule has 2 aromatic rings. The van der Waals surface area contributed by atoms with Crippen LogP contribution in [0.3, 0.4) is 0 Å². The van der Waals surface area contributed by atoms with Gasteiger partial charge in [-0.3, -0.25) is 4.79 Å². The standard InChI is InChI=1S/C18H22N2OS/c1-12(2)14-8-9-15-18(14)20-17(22-15)10-16(21)19-11-13-6-4-3-5-7-13/h3-7,12,14H,8-11H2,1-2H3,(H,19,21). The summed E-state index contributed by atoms with van der Waals surface area (Å²) in [6.45, 7) is 5.09. The number of carbonyl (C=O) groups is 1. The molecule has 1 N–H and O–H groups in total. The van der Waals surface area contributed by atoms with Gasteiger partial charge in [-0.25, -0.2) is 4.98 Å². The first-order valence-corrected chi connectivity index (χ1v) is 8.74. The van der Waals surface area contributed by atoms with Gasteiger partial charge in [0.1, 0.15) is 5.01 Å². The average Bonchev–Trinajstić information content (AvgIpc) is 3.05. The number of nitrogens with one attached hydrogen (secondary N) is 1. The van der Waals surface area contributed by atoms with E-state index in [0.717, 1.165) is 17.0 Å². The molecule has 1 aliphatic rings. The van der Waals surface area contributed by atoms with E-state index < -0.39 is 0 Å². The molecule has 0 fully saturated rings. The number of benzene rings is 1. The fraction of sp³-hybridized carbons (Fsp3) is 0.444. The molecule has 0 aliphatic heterocycles. The van der Waals surface area contributed by atoms with Crippen LogP contribution < -0.4 is 5.32 Å². The molecule has 0 spiro atoms. The van der Waals surface area contributed by atoms with Crippen molar-refractivity contribution in [3.8, 4) is 0 Å². The Hall–Kier alpha value is -1.68. The molecule has 1 unspecified atom stereocenters. The van der Waals surface area contributed by atoms with Crippen LogP contribution in [0.25, 0.3) is 0 Å². The predicted octanol–water partition coefficient (Wildman–Crippen LogP) is 3.69. The van der Waals surface area contributed by atoms with Gasteiger partial charge in [0.2, 0.25) is 5.91 Å². The van der Waals surface area contributed by atoms with Crippen molar-refractivity contribution in [2.75, 3.05) is 0 Å². The first-order chi connectivity index (χ1) is 10.6. The number of fused-ring (bicyclic) bond motifs is 1. The molecule has 1 amide bonds. The maximum absolute atomic E-state index is 12.1. The highest BCUT2D eigenvalue weighted by Crippen LogP contribution is 2.40. The molecule has 0 saturated heterocycles. The van der Waals surface area contributed by atoms with Gasteiger partial charge in [-0.05, 0) is 24.3 Å². The van der Waals surface area contributed by atoms with Gasteiger partial charge in [-0.1, -0.05) is 44.2 Å². The number of amides is 1. The van der Waals surface area contributed by atoms with E-state index in [-0.39, 0.29) is 5.91 Å². The minimum Gasteiger partial charge on any atom is -0.352 e. The lowest BCUT2D eigenvalue weighted by Crippen LogP contribution is -2.24. The zero-order valence-electron chi connectivity index (χ0n) is 13.1. The second-order valence-electron chi connectivity index (χ2n) is 6.24. The molecule has 0 radical (unpaired) electrons. The third-order valence-electron chi connectivity index (χ3n) is 4.25. The fourth-order valence-corrected chi connectivity index (χ4v) is 4.18. The van der Waals surface area contributed by atoms with Crippen LogP contribution in [0, 0.1) is 5.92 Å². The molecule has 1 aromatic heterocycles. The number of nitrogens with zero attached hydrogens (tertiary/aromatic N) is 1. The van der Waals surface area contributed by atoms with Crippen LogP contribution in [0.2, 0.25) is 0 Å². The molecule has 22 heavy (non-hydrogen) atoms. The summed E-state index contributed by atoms with van der Waals surface area (Å²) in [5.41, 5.74) is 2.38. The van der Waals surface area contributed by atoms with Gasteiger partial charge in [-0.2, -0.15) is 0 Å². The van der Waals surface area contributed by atoms with E-state index in [9.17, 15) is 4.79 Å². The van der Waals surface area contributed by atoms with E-state index >= 15 is 0 Å². The molecule has 4 heteroatoms. The smallest absolute Gasteiger partial charge is 0.227 e. The van der Waals surface area contributed by atoms with E-state index in [2.05, 4.69) is 19.2 Å². The van der Waals surface area contributed by atoms with Crippen molar-refractivity contribution >= 4 is 17.2 Å². The average molecular weight is 314 g/mol. The maximum atomic E-state index is 12.1. The monoisotopic (exact) mass is 314 g/mol. The van der Waals surface area contributed by atoms with Gasteiger partial charge in [-0.15, -0.1) is 11.3 Å². The number of rotatable bonds is 5. The van der Waals surface area contributed by atoms with Crippen molar-refractivity contribution in [1.82, 2.24) is 10.3 Å². The lowest BCUT2D eigenvalue weighted by molar-refractivity contribution is -0.120. The van der Waals surface area contributed by atoms with E-state index in [1.807, 2.05) is 30.3 Å². The zero-order valence-corrected chi connectivity index (χ0v) is 14.0. The number of carbonyl (C=O) groups excluding carboxylic acids is 1. The number of hydrogen-bond acceptors (Lipinski definition) is 3. The van der Waals surface area contributed by atoms with Crippen molar-refractivity contribution in [3.05, 3.63) is 51.5 Å². The Morgan fingerprint density at radius 3 is 2.86 bits per heavy atom. The summed E-state index contributed by atoms with van der Waals surface area (Å²) in [6.07, 6.45) is 2.74. The Labute approximate surface area is 135 Å². The molecule has 3 nitrogen and oxygen atoms in total. The summed E-state index contributed by atoms with van der Waals surface area (Å²) in [5.74, 6) is 1.26. The summed E-state index contributed by atoms with van der Waals surface area (Å²) < 4.78 is 0. The Balaban J connectivity index is 1.58. The molecule has 1 aliphatic carbocycles. The topological polar surface area (TPSA) is 42.0 Å². The Morgan fingerprint density at radius 1 is 1.36 bits per heavy atom. The molecule has 1 atom stereocenters. The summed E-state index contributed by atoms with van der Waals surface area (Å²) >= 11 is 1.72. The summed E-state index contributed by atoms with van der Waals surface area (Å²) in [4.78, 5) is 18.2. The Morgan fingerprint density at radius 2 is 2.14 bits per heavy atom.